The Morgan fingerprint density at radius 1 is 1.16 bits per heavy atom. The van der Waals surface area contributed by atoms with E-state index in [0.29, 0.717) is 11.6 Å². The molecule has 2 N–H and O–H groups in total. The molecule has 2 nitrogen and oxygen atoms in total. The van der Waals surface area contributed by atoms with Crippen LogP contribution in [0.5, 0.6) is 5.75 Å². The highest BCUT2D eigenvalue weighted by molar-refractivity contribution is 6.30. The van der Waals surface area contributed by atoms with Crippen LogP contribution < -0.4 is 10.5 Å². The first kappa shape index (κ1) is 13.9. The second-order valence-electron chi connectivity index (χ2n) is 4.67. The highest BCUT2D eigenvalue weighted by Gasteiger charge is 2.13. The van der Waals surface area contributed by atoms with Crippen LogP contribution in [0.4, 0.5) is 0 Å². The zero-order valence-corrected chi connectivity index (χ0v) is 11.9. The average Bonchev–Trinajstić information content (AvgIpc) is 2.38. The summed E-state index contributed by atoms with van der Waals surface area (Å²) >= 11 is 5.94. The van der Waals surface area contributed by atoms with Crippen molar-refractivity contribution in [1.82, 2.24) is 0 Å². The van der Waals surface area contributed by atoms with E-state index in [1.54, 1.807) is 0 Å². The van der Waals surface area contributed by atoms with E-state index in [1.807, 2.05) is 37.3 Å². The molecule has 3 heteroatoms. The smallest absolute Gasteiger partial charge is 0.136 e. The summed E-state index contributed by atoms with van der Waals surface area (Å²) in [7, 11) is 0. The minimum Gasteiger partial charge on any atom is -0.484 e. The zero-order valence-electron chi connectivity index (χ0n) is 11.2. The molecule has 0 aliphatic heterocycles. The fourth-order valence-electron chi connectivity index (χ4n) is 2.02. The Balaban J connectivity index is 2.24. The highest BCUT2D eigenvalue weighted by Crippen LogP contribution is 2.27. The maximum atomic E-state index is 6.01. The number of rotatable bonds is 4. The van der Waals surface area contributed by atoms with E-state index in [1.165, 1.54) is 5.56 Å². The Morgan fingerprint density at radius 3 is 2.58 bits per heavy atom. The minimum atomic E-state index is -0.139. The molecular weight excluding hydrogens is 258 g/mol. The molecule has 0 radical (unpaired) electrons. The van der Waals surface area contributed by atoms with Crippen molar-refractivity contribution in [1.29, 1.82) is 0 Å². The van der Waals surface area contributed by atoms with Crippen molar-refractivity contribution in [3.63, 3.8) is 0 Å². The van der Waals surface area contributed by atoms with Gasteiger partial charge in [0.1, 0.15) is 11.9 Å². The monoisotopic (exact) mass is 275 g/mol. The molecule has 0 saturated carbocycles. The molecule has 0 bridgehead atoms. The van der Waals surface area contributed by atoms with Gasteiger partial charge in [0, 0.05) is 11.6 Å². The number of halogens is 1. The topological polar surface area (TPSA) is 35.2 Å². The van der Waals surface area contributed by atoms with Gasteiger partial charge in [-0.05, 0) is 43.2 Å². The highest BCUT2D eigenvalue weighted by atomic mass is 35.5. The summed E-state index contributed by atoms with van der Waals surface area (Å²) < 4.78 is 6.01. The SMILES string of the molecule is Cc1cccc(C(CN)Oc2ccc(Cl)cc2C)c1. The van der Waals surface area contributed by atoms with Crippen LogP contribution in [0.3, 0.4) is 0 Å². The Bertz CT molecular complexity index is 568. The molecule has 0 amide bonds. The second kappa shape index (κ2) is 6.09. The van der Waals surface area contributed by atoms with Crippen LogP contribution in [0, 0.1) is 13.8 Å². The minimum absolute atomic E-state index is 0.139. The molecule has 2 rings (SSSR count). The summed E-state index contributed by atoms with van der Waals surface area (Å²) in [5, 5.41) is 0.713. The molecule has 0 fully saturated rings. The summed E-state index contributed by atoms with van der Waals surface area (Å²) in [6, 6.07) is 13.8. The summed E-state index contributed by atoms with van der Waals surface area (Å²) in [4.78, 5) is 0. The fourth-order valence-corrected chi connectivity index (χ4v) is 2.25. The van der Waals surface area contributed by atoms with E-state index in [0.717, 1.165) is 16.9 Å². The van der Waals surface area contributed by atoms with E-state index in [-0.39, 0.29) is 6.10 Å². The van der Waals surface area contributed by atoms with Gasteiger partial charge in [0.25, 0.3) is 0 Å². The summed E-state index contributed by atoms with van der Waals surface area (Å²) in [5.74, 6) is 0.821. The van der Waals surface area contributed by atoms with Gasteiger partial charge in [0.2, 0.25) is 0 Å². The fraction of sp³-hybridized carbons (Fsp3) is 0.250. The van der Waals surface area contributed by atoms with E-state index in [2.05, 4.69) is 19.1 Å². The van der Waals surface area contributed by atoms with Gasteiger partial charge in [0.05, 0.1) is 0 Å². The normalized spacial score (nSPS) is 12.2. The molecule has 2 aromatic rings. The van der Waals surface area contributed by atoms with Crippen LogP contribution in [0.1, 0.15) is 22.8 Å². The maximum Gasteiger partial charge on any atom is 0.136 e. The molecule has 0 heterocycles. The number of ether oxygens (including phenoxy) is 1. The van der Waals surface area contributed by atoms with Gasteiger partial charge < -0.3 is 10.5 Å². The number of nitrogens with two attached hydrogens (primary N) is 1. The predicted molar refractivity (Wildman–Crippen MR) is 79.8 cm³/mol. The lowest BCUT2D eigenvalue weighted by atomic mass is 10.1. The largest absolute Gasteiger partial charge is 0.484 e. The van der Waals surface area contributed by atoms with Gasteiger partial charge in [-0.3, -0.25) is 0 Å². The quantitative estimate of drug-likeness (QED) is 0.914. The van der Waals surface area contributed by atoms with Crippen molar-refractivity contribution in [2.45, 2.75) is 20.0 Å². The van der Waals surface area contributed by atoms with Crippen molar-refractivity contribution >= 4 is 11.6 Å². The van der Waals surface area contributed by atoms with Crippen LogP contribution in [0.25, 0.3) is 0 Å². The third kappa shape index (κ3) is 3.49. The standard InChI is InChI=1S/C16H18ClNO/c1-11-4-3-5-13(8-11)16(10-18)19-15-7-6-14(17)9-12(15)2/h3-9,16H,10,18H2,1-2H3. The van der Waals surface area contributed by atoms with Crippen molar-refractivity contribution in [3.05, 3.63) is 64.2 Å². The molecule has 0 aromatic heterocycles. The molecule has 1 atom stereocenters. The van der Waals surface area contributed by atoms with Crippen LogP contribution in [0.2, 0.25) is 5.02 Å². The Kier molecular flexibility index (Phi) is 4.46. The zero-order chi connectivity index (χ0) is 13.8. The average molecular weight is 276 g/mol. The van der Waals surface area contributed by atoms with E-state index in [4.69, 9.17) is 22.1 Å². The van der Waals surface area contributed by atoms with E-state index < -0.39 is 0 Å². The van der Waals surface area contributed by atoms with Crippen molar-refractivity contribution in [2.24, 2.45) is 5.73 Å². The summed E-state index contributed by atoms with van der Waals surface area (Å²) in [5.41, 5.74) is 9.14. The van der Waals surface area contributed by atoms with Crippen LogP contribution in [-0.2, 0) is 0 Å². The predicted octanol–water partition coefficient (Wildman–Crippen LogP) is 4.04. The summed E-state index contributed by atoms with van der Waals surface area (Å²) in [6.45, 7) is 4.47. The molecular formula is C16H18ClNO. The molecule has 19 heavy (non-hydrogen) atoms. The van der Waals surface area contributed by atoms with Crippen molar-refractivity contribution in [2.75, 3.05) is 6.54 Å². The summed E-state index contributed by atoms with van der Waals surface area (Å²) in [6.07, 6.45) is -0.139. The molecule has 1 unspecified atom stereocenters. The number of hydrogen-bond donors (Lipinski definition) is 1. The van der Waals surface area contributed by atoms with E-state index >= 15 is 0 Å². The number of aryl methyl sites for hydroxylation is 2. The lowest BCUT2D eigenvalue weighted by molar-refractivity contribution is 0.212. The van der Waals surface area contributed by atoms with Crippen LogP contribution in [-0.4, -0.2) is 6.54 Å². The molecule has 2 aromatic carbocycles. The van der Waals surface area contributed by atoms with Gasteiger partial charge in [-0.2, -0.15) is 0 Å². The third-order valence-corrected chi connectivity index (χ3v) is 3.27. The van der Waals surface area contributed by atoms with Crippen LogP contribution >= 0.6 is 11.6 Å². The Labute approximate surface area is 119 Å². The third-order valence-electron chi connectivity index (χ3n) is 3.03. The molecule has 0 spiro atoms. The number of benzene rings is 2. The second-order valence-corrected chi connectivity index (χ2v) is 5.10. The molecule has 0 aliphatic carbocycles. The molecule has 0 aliphatic rings. The lowest BCUT2D eigenvalue weighted by Crippen LogP contribution is -2.18. The first-order valence-corrected chi connectivity index (χ1v) is 6.67. The lowest BCUT2D eigenvalue weighted by Gasteiger charge is -2.19. The maximum absolute atomic E-state index is 6.01. The van der Waals surface area contributed by atoms with Gasteiger partial charge in [-0.1, -0.05) is 41.4 Å². The molecule has 100 valence electrons. The first-order chi connectivity index (χ1) is 9.10. The Morgan fingerprint density at radius 2 is 1.95 bits per heavy atom. The van der Waals surface area contributed by atoms with Crippen LogP contribution in [0.15, 0.2) is 42.5 Å². The van der Waals surface area contributed by atoms with Crippen molar-refractivity contribution in [3.8, 4) is 5.75 Å². The van der Waals surface area contributed by atoms with Gasteiger partial charge in [-0.15, -0.1) is 0 Å². The number of hydrogen-bond acceptors (Lipinski definition) is 2. The van der Waals surface area contributed by atoms with Gasteiger partial charge >= 0.3 is 0 Å². The van der Waals surface area contributed by atoms with Crippen molar-refractivity contribution < 1.29 is 4.74 Å². The first-order valence-electron chi connectivity index (χ1n) is 6.29. The van der Waals surface area contributed by atoms with E-state index in [9.17, 15) is 0 Å². The van der Waals surface area contributed by atoms with Gasteiger partial charge in [0.15, 0.2) is 0 Å². The Hall–Kier alpha value is -1.51. The van der Waals surface area contributed by atoms with Gasteiger partial charge in [-0.25, -0.2) is 0 Å². The molecule has 0 saturated heterocycles.